The number of hydrogen-bond acceptors (Lipinski definition) is 5. The fourth-order valence-corrected chi connectivity index (χ4v) is 5.03. The van der Waals surface area contributed by atoms with Gasteiger partial charge in [0.05, 0.1) is 0 Å². The summed E-state index contributed by atoms with van der Waals surface area (Å²) in [6.45, 7) is 7.59. The summed E-state index contributed by atoms with van der Waals surface area (Å²) >= 11 is 0. The highest BCUT2D eigenvalue weighted by atomic mass is 15.5. The predicted molar refractivity (Wildman–Crippen MR) is 128 cm³/mol. The molecule has 0 atom stereocenters. The monoisotopic (exact) mass is 426 g/mol. The topological polar surface area (TPSA) is 70.1 Å². The molecule has 0 unspecified atom stereocenters. The number of tetrazole rings is 1. The summed E-state index contributed by atoms with van der Waals surface area (Å²) in [5.41, 5.74) is 5.65. The molecule has 1 spiro atoms. The van der Waals surface area contributed by atoms with Crippen LogP contribution in [-0.4, -0.2) is 36.9 Å². The van der Waals surface area contributed by atoms with Gasteiger partial charge in [0.1, 0.15) is 11.4 Å². The van der Waals surface area contributed by atoms with E-state index in [2.05, 4.69) is 69.4 Å². The van der Waals surface area contributed by atoms with Crippen LogP contribution in [0, 0.1) is 0 Å². The summed E-state index contributed by atoms with van der Waals surface area (Å²) in [5.74, 6) is 1.84. The number of nitrogens with zero attached hydrogens (tertiary/aromatic N) is 5. The summed E-state index contributed by atoms with van der Waals surface area (Å²) in [4.78, 5) is 7.63. The summed E-state index contributed by atoms with van der Waals surface area (Å²) in [6.07, 6.45) is 8.18. The normalized spacial score (nSPS) is 17.3. The number of unbranched alkanes of at least 4 members (excludes halogenated alkanes) is 1. The molecule has 1 aliphatic carbocycles. The molecule has 1 aliphatic heterocycles. The number of benzene rings is 2. The largest absolute Gasteiger partial charge is 0.328 e. The molecule has 0 bridgehead atoms. The molecule has 1 fully saturated rings. The number of aromatic amines is 1. The minimum atomic E-state index is -0.0352. The summed E-state index contributed by atoms with van der Waals surface area (Å²) in [6, 6.07) is 17.0. The summed E-state index contributed by atoms with van der Waals surface area (Å²) in [5, 5.41) is 14.6. The number of rotatable bonds is 7. The van der Waals surface area contributed by atoms with E-state index in [1.54, 1.807) is 0 Å². The number of aromatic nitrogens is 4. The first-order valence-corrected chi connectivity index (χ1v) is 11.7. The molecule has 0 amide bonds. The van der Waals surface area contributed by atoms with Gasteiger partial charge in [0.2, 0.25) is 5.82 Å². The second-order valence-electron chi connectivity index (χ2n) is 8.88. The van der Waals surface area contributed by atoms with Crippen LogP contribution in [0.5, 0.6) is 0 Å². The molecule has 0 saturated heterocycles. The average Bonchev–Trinajstić information content (AvgIpc) is 3.58. The molecule has 0 radical (unpaired) electrons. The molecule has 2 aliphatic rings. The summed E-state index contributed by atoms with van der Waals surface area (Å²) < 4.78 is 0. The van der Waals surface area contributed by atoms with Crippen molar-refractivity contribution in [3.8, 4) is 22.5 Å². The Kier molecular flexibility index (Phi) is 5.60. The van der Waals surface area contributed by atoms with E-state index in [9.17, 15) is 0 Å². The van der Waals surface area contributed by atoms with Crippen molar-refractivity contribution in [2.45, 2.75) is 64.0 Å². The molecule has 6 heteroatoms. The van der Waals surface area contributed by atoms with E-state index in [1.165, 1.54) is 42.8 Å². The Labute approximate surface area is 189 Å². The Morgan fingerprint density at radius 3 is 2.47 bits per heavy atom. The Bertz CT molecular complexity index is 1110. The Balaban J connectivity index is 1.38. The second-order valence-corrected chi connectivity index (χ2v) is 8.88. The van der Waals surface area contributed by atoms with E-state index in [1.807, 2.05) is 18.2 Å². The number of aliphatic imine (C=N–C) groups is 1. The molecule has 3 aromatic rings. The molecule has 1 saturated carbocycles. The SMILES string of the molecule is C=C1N(Cc2ccc(-c3ccccc3-c3nn[nH]n3)cc2)C(CCCC)=NC12CCCC2. The fraction of sp³-hybridized carbons (Fsp3) is 0.385. The Morgan fingerprint density at radius 2 is 1.78 bits per heavy atom. The van der Waals surface area contributed by atoms with Gasteiger partial charge >= 0.3 is 0 Å². The van der Waals surface area contributed by atoms with E-state index < -0.39 is 0 Å². The first kappa shape index (κ1) is 20.6. The lowest BCUT2D eigenvalue weighted by molar-refractivity contribution is 0.424. The van der Waals surface area contributed by atoms with Crippen molar-refractivity contribution in [3.63, 3.8) is 0 Å². The molecule has 164 valence electrons. The third-order valence-corrected chi connectivity index (χ3v) is 6.82. The third-order valence-electron chi connectivity index (χ3n) is 6.82. The van der Waals surface area contributed by atoms with Crippen LogP contribution >= 0.6 is 0 Å². The number of nitrogens with one attached hydrogen (secondary N) is 1. The highest BCUT2D eigenvalue weighted by Crippen LogP contribution is 2.45. The van der Waals surface area contributed by atoms with Gasteiger partial charge in [-0.2, -0.15) is 5.21 Å². The van der Waals surface area contributed by atoms with Crippen molar-refractivity contribution in [2.75, 3.05) is 0 Å². The summed E-state index contributed by atoms with van der Waals surface area (Å²) in [7, 11) is 0. The molecular formula is C26H30N6. The molecule has 32 heavy (non-hydrogen) atoms. The lowest BCUT2D eigenvalue weighted by atomic mass is 9.95. The maximum Gasteiger partial charge on any atom is 0.205 e. The lowest BCUT2D eigenvalue weighted by Crippen LogP contribution is -2.30. The van der Waals surface area contributed by atoms with Crippen LogP contribution in [0.4, 0.5) is 0 Å². The highest BCUT2D eigenvalue weighted by molar-refractivity contribution is 5.87. The van der Waals surface area contributed by atoms with Crippen molar-refractivity contribution >= 4 is 5.84 Å². The van der Waals surface area contributed by atoms with Crippen molar-refractivity contribution in [2.24, 2.45) is 4.99 Å². The van der Waals surface area contributed by atoms with Gasteiger partial charge in [-0.05, 0) is 41.2 Å². The second kappa shape index (κ2) is 8.69. The highest BCUT2D eigenvalue weighted by Gasteiger charge is 2.44. The van der Waals surface area contributed by atoms with Crippen LogP contribution in [0.3, 0.4) is 0 Å². The van der Waals surface area contributed by atoms with Crippen LogP contribution < -0.4 is 0 Å². The quantitative estimate of drug-likeness (QED) is 0.521. The Hall–Kier alpha value is -3.28. The van der Waals surface area contributed by atoms with Crippen molar-refractivity contribution in [3.05, 3.63) is 66.4 Å². The van der Waals surface area contributed by atoms with Gasteiger partial charge in [0.15, 0.2) is 0 Å². The van der Waals surface area contributed by atoms with Crippen molar-refractivity contribution in [1.29, 1.82) is 0 Å². The van der Waals surface area contributed by atoms with Crippen LogP contribution in [0.1, 0.15) is 57.4 Å². The third kappa shape index (κ3) is 3.74. The lowest BCUT2D eigenvalue weighted by Gasteiger charge is -2.27. The average molecular weight is 427 g/mol. The van der Waals surface area contributed by atoms with E-state index in [0.717, 1.165) is 42.5 Å². The van der Waals surface area contributed by atoms with Gasteiger partial charge in [0.25, 0.3) is 0 Å². The van der Waals surface area contributed by atoms with Crippen molar-refractivity contribution in [1.82, 2.24) is 25.5 Å². The molecular weight excluding hydrogens is 396 g/mol. The molecule has 1 N–H and O–H groups in total. The molecule has 1 aromatic heterocycles. The van der Waals surface area contributed by atoms with Crippen molar-refractivity contribution < 1.29 is 0 Å². The van der Waals surface area contributed by atoms with Gasteiger partial charge in [-0.3, -0.25) is 4.99 Å². The van der Waals surface area contributed by atoms with E-state index in [4.69, 9.17) is 4.99 Å². The van der Waals surface area contributed by atoms with E-state index >= 15 is 0 Å². The molecule has 6 nitrogen and oxygen atoms in total. The van der Waals surface area contributed by atoms with Crippen LogP contribution in [0.2, 0.25) is 0 Å². The molecule has 2 heterocycles. The number of amidine groups is 1. The maximum absolute atomic E-state index is 5.24. The van der Waals surface area contributed by atoms with Crippen LogP contribution in [0.25, 0.3) is 22.5 Å². The molecule has 2 aromatic carbocycles. The van der Waals surface area contributed by atoms with Gasteiger partial charge in [-0.15, -0.1) is 10.2 Å². The first-order chi connectivity index (χ1) is 15.7. The predicted octanol–water partition coefficient (Wildman–Crippen LogP) is 5.76. The van der Waals surface area contributed by atoms with Gasteiger partial charge in [-0.1, -0.05) is 81.3 Å². The van der Waals surface area contributed by atoms with Crippen LogP contribution in [-0.2, 0) is 6.54 Å². The minimum Gasteiger partial charge on any atom is -0.328 e. The zero-order valence-electron chi connectivity index (χ0n) is 18.7. The van der Waals surface area contributed by atoms with Crippen LogP contribution in [0.15, 0.2) is 65.8 Å². The minimum absolute atomic E-state index is 0.0352. The number of hydrogen-bond donors (Lipinski definition) is 1. The van der Waals surface area contributed by atoms with Gasteiger partial charge in [0, 0.05) is 24.2 Å². The molecule has 5 rings (SSSR count). The maximum atomic E-state index is 5.24. The van der Waals surface area contributed by atoms with Gasteiger partial charge in [-0.25, -0.2) is 0 Å². The van der Waals surface area contributed by atoms with Gasteiger partial charge < -0.3 is 4.90 Å². The smallest absolute Gasteiger partial charge is 0.205 e. The zero-order chi connectivity index (χ0) is 22.0. The number of H-pyrrole nitrogens is 1. The van der Waals surface area contributed by atoms with E-state index in [-0.39, 0.29) is 5.54 Å². The standard InChI is InChI=1S/C26H30N6/c1-3-4-11-24-27-26(16-7-8-17-26)19(2)32(24)18-20-12-14-21(15-13-20)22-9-5-6-10-23(22)25-28-30-31-29-25/h5-6,9-10,12-15H,2-4,7-8,11,16-18H2,1H3,(H,28,29,30,31). The zero-order valence-corrected chi connectivity index (χ0v) is 18.7. The fourth-order valence-electron chi connectivity index (χ4n) is 5.03. The van der Waals surface area contributed by atoms with E-state index in [0.29, 0.717) is 5.82 Å². The Morgan fingerprint density at radius 1 is 1.03 bits per heavy atom. The first-order valence-electron chi connectivity index (χ1n) is 11.7.